The maximum absolute atomic E-state index is 13.9. The molecule has 0 aliphatic carbocycles. The number of halogens is 1. The lowest BCUT2D eigenvalue weighted by Crippen LogP contribution is -2.54. The van der Waals surface area contributed by atoms with E-state index in [-0.39, 0.29) is 17.8 Å². The summed E-state index contributed by atoms with van der Waals surface area (Å²) in [6.45, 7) is 4.86. The highest BCUT2D eigenvalue weighted by molar-refractivity contribution is 5.96. The SMILES string of the molecule is C[C@H](C(=O)N(C)c1ccccc1)N1CCN(c2ccccc2F)CC1. The Bertz CT molecular complexity index is 714. The Morgan fingerprint density at radius 3 is 2.24 bits per heavy atom. The molecule has 1 saturated heterocycles. The van der Waals surface area contributed by atoms with E-state index in [1.165, 1.54) is 6.07 Å². The Labute approximate surface area is 148 Å². The van der Waals surface area contributed by atoms with Crippen molar-refractivity contribution in [3.05, 3.63) is 60.4 Å². The largest absolute Gasteiger partial charge is 0.367 e. The molecular formula is C20H24FN3O. The van der Waals surface area contributed by atoms with Gasteiger partial charge in [0.2, 0.25) is 5.91 Å². The molecule has 4 nitrogen and oxygen atoms in total. The van der Waals surface area contributed by atoms with E-state index in [1.54, 1.807) is 11.0 Å². The van der Waals surface area contributed by atoms with Crippen molar-refractivity contribution >= 4 is 17.3 Å². The summed E-state index contributed by atoms with van der Waals surface area (Å²) >= 11 is 0. The molecule has 1 aliphatic heterocycles. The summed E-state index contributed by atoms with van der Waals surface area (Å²) in [6, 6.07) is 16.3. The Morgan fingerprint density at radius 2 is 1.60 bits per heavy atom. The van der Waals surface area contributed by atoms with Gasteiger partial charge in [0.05, 0.1) is 11.7 Å². The minimum Gasteiger partial charge on any atom is -0.367 e. The van der Waals surface area contributed by atoms with Crippen LogP contribution in [0, 0.1) is 5.82 Å². The number of hydrogen-bond donors (Lipinski definition) is 0. The molecule has 2 aromatic carbocycles. The van der Waals surface area contributed by atoms with Crippen LogP contribution in [0.2, 0.25) is 0 Å². The smallest absolute Gasteiger partial charge is 0.243 e. The monoisotopic (exact) mass is 341 g/mol. The number of hydrogen-bond acceptors (Lipinski definition) is 3. The highest BCUT2D eigenvalue weighted by Crippen LogP contribution is 2.21. The fourth-order valence-electron chi connectivity index (χ4n) is 3.27. The van der Waals surface area contributed by atoms with Crippen molar-refractivity contribution in [3.63, 3.8) is 0 Å². The van der Waals surface area contributed by atoms with Crippen LogP contribution in [0.25, 0.3) is 0 Å². The number of para-hydroxylation sites is 2. The second-order valence-electron chi connectivity index (χ2n) is 6.38. The molecule has 25 heavy (non-hydrogen) atoms. The van der Waals surface area contributed by atoms with Crippen molar-refractivity contribution in [1.29, 1.82) is 0 Å². The first-order chi connectivity index (χ1) is 12.1. The van der Waals surface area contributed by atoms with Gasteiger partial charge in [0.1, 0.15) is 5.82 Å². The van der Waals surface area contributed by atoms with Crippen LogP contribution in [0.4, 0.5) is 15.8 Å². The molecule has 0 radical (unpaired) electrons. The van der Waals surface area contributed by atoms with Crippen molar-refractivity contribution in [2.24, 2.45) is 0 Å². The van der Waals surface area contributed by atoms with Crippen molar-refractivity contribution in [3.8, 4) is 0 Å². The predicted octanol–water partition coefficient (Wildman–Crippen LogP) is 3.00. The zero-order valence-corrected chi connectivity index (χ0v) is 14.7. The summed E-state index contributed by atoms with van der Waals surface area (Å²) in [4.78, 5) is 18.7. The second kappa shape index (κ2) is 7.66. The van der Waals surface area contributed by atoms with Gasteiger partial charge in [-0.25, -0.2) is 4.39 Å². The molecular weight excluding hydrogens is 317 g/mol. The van der Waals surface area contributed by atoms with Crippen molar-refractivity contribution < 1.29 is 9.18 Å². The van der Waals surface area contributed by atoms with Gasteiger partial charge in [-0.05, 0) is 31.2 Å². The van der Waals surface area contributed by atoms with Crippen LogP contribution in [0.15, 0.2) is 54.6 Å². The van der Waals surface area contributed by atoms with E-state index in [2.05, 4.69) is 4.90 Å². The molecule has 1 aliphatic rings. The van der Waals surface area contributed by atoms with Crippen LogP contribution < -0.4 is 9.80 Å². The summed E-state index contributed by atoms with van der Waals surface area (Å²) in [5.41, 5.74) is 1.53. The minimum atomic E-state index is -0.201. The third kappa shape index (κ3) is 3.82. The van der Waals surface area contributed by atoms with Crippen LogP contribution in [0.5, 0.6) is 0 Å². The number of nitrogens with zero attached hydrogens (tertiary/aromatic N) is 3. The van der Waals surface area contributed by atoms with E-state index in [4.69, 9.17) is 0 Å². The number of piperazine rings is 1. The third-order valence-corrected chi connectivity index (χ3v) is 4.89. The molecule has 0 N–H and O–H groups in total. The molecule has 0 saturated carbocycles. The van der Waals surface area contributed by atoms with Crippen LogP contribution in [-0.4, -0.2) is 50.1 Å². The average Bonchev–Trinajstić information content (AvgIpc) is 2.67. The van der Waals surface area contributed by atoms with Crippen LogP contribution >= 0.6 is 0 Å². The first-order valence-corrected chi connectivity index (χ1v) is 8.64. The standard InChI is InChI=1S/C20H24FN3O/c1-16(20(25)22(2)17-8-4-3-5-9-17)23-12-14-24(15-13-23)19-11-7-6-10-18(19)21/h3-11,16H,12-15H2,1-2H3/t16-/m1/s1. The van der Waals surface area contributed by atoms with E-state index in [0.29, 0.717) is 18.8 Å². The lowest BCUT2D eigenvalue weighted by molar-refractivity contribution is -0.123. The van der Waals surface area contributed by atoms with Gasteiger partial charge in [-0.15, -0.1) is 0 Å². The van der Waals surface area contributed by atoms with Gasteiger partial charge in [-0.3, -0.25) is 9.69 Å². The first-order valence-electron chi connectivity index (χ1n) is 8.64. The third-order valence-electron chi connectivity index (χ3n) is 4.89. The maximum atomic E-state index is 13.9. The molecule has 0 unspecified atom stereocenters. The van der Waals surface area contributed by atoms with E-state index in [1.807, 2.05) is 61.3 Å². The summed E-state index contributed by atoms with van der Waals surface area (Å²) < 4.78 is 13.9. The molecule has 0 spiro atoms. The van der Waals surface area contributed by atoms with E-state index in [9.17, 15) is 9.18 Å². The number of carbonyl (C=O) groups excluding carboxylic acids is 1. The topological polar surface area (TPSA) is 26.8 Å². The fraction of sp³-hybridized carbons (Fsp3) is 0.350. The Hall–Kier alpha value is -2.40. The van der Waals surface area contributed by atoms with E-state index in [0.717, 1.165) is 18.8 Å². The zero-order chi connectivity index (χ0) is 17.8. The van der Waals surface area contributed by atoms with Crippen molar-refractivity contribution in [2.45, 2.75) is 13.0 Å². The predicted molar refractivity (Wildman–Crippen MR) is 99.5 cm³/mol. The van der Waals surface area contributed by atoms with Gasteiger partial charge in [-0.1, -0.05) is 30.3 Å². The Balaban J connectivity index is 1.61. The van der Waals surface area contributed by atoms with Crippen LogP contribution in [-0.2, 0) is 4.79 Å². The molecule has 3 rings (SSSR count). The number of carbonyl (C=O) groups is 1. The summed E-state index contributed by atoms with van der Waals surface area (Å²) in [7, 11) is 1.81. The average molecular weight is 341 g/mol. The van der Waals surface area contributed by atoms with Gasteiger partial charge >= 0.3 is 0 Å². The molecule has 0 aromatic heterocycles. The van der Waals surface area contributed by atoms with Gasteiger partial charge in [0.15, 0.2) is 0 Å². The highest BCUT2D eigenvalue weighted by Gasteiger charge is 2.28. The molecule has 1 amide bonds. The zero-order valence-electron chi connectivity index (χ0n) is 14.7. The maximum Gasteiger partial charge on any atom is 0.243 e. The van der Waals surface area contributed by atoms with Gasteiger partial charge in [-0.2, -0.15) is 0 Å². The number of amides is 1. The summed E-state index contributed by atoms with van der Waals surface area (Å²) in [5.74, 6) is -0.116. The highest BCUT2D eigenvalue weighted by atomic mass is 19.1. The van der Waals surface area contributed by atoms with Crippen LogP contribution in [0.3, 0.4) is 0 Å². The normalized spacial score (nSPS) is 16.5. The lowest BCUT2D eigenvalue weighted by atomic mass is 10.1. The second-order valence-corrected chi connectivity index (χ2v) is 6.38. The molecule has 132 valence electrons. The number of likely N-dealkylation sites (N-methyl/N-ethyl adjacent to an activating group) is 1. The quantitative estimate of drug-likeness (QED) is 0.855. The Morgan fingerprint density at radius 1 is 1.00 bits per heavy atom. The fourth-order valence-corrected chi connectivity index (χ4v) is 3.27. The summed E-state index contributed by atoms with van der Waals surface area (Å²) in [5, 5.41) is 0. The number of anilines is 2. The number of rotatable bonds is 4. The van der Waals surface area contributed by atoms with Gasteiger partial charge < -0.3 is 9.80 Å². The molecule has 5 heteroatoms. The Kier molecular flexibility index (Phi) is 5.34. The van der Waals surface area contributed by atoms with E-state index < -0.39 is 0 Å². The molecule has 1 atom stereocenters. The molecule has 1 fully saturated rings. The van der Waals surface area contributed by atoms with Crippen molar-refractivity contribution in [1.82, 2.24) is 4.90 Å². The molecule has 2 aromatic rings. The van der Waals surface area contributed by atoms with Gasteiger partial charge in [0, 0.05) is 38.9 Å². The number of benzene rings is 2. The van der Waals surface area contributed by atoms with Gasteiger partial charge in [0.25, 0.3) is 0 Å². The first kappa shape index (κ1) is 17.4. The lowest BCUT2D eigenvalue weighted by Gasteiger charge is -2.39. The molecule has 1 heterocycles. The van der Waals surface area contributed by atoms with Crippen LogP contribution in [0.1, 0.15) is 6.92 Å². The van der Waals surface area contributed by atoms with E-state index >= 15 is 0 Å². The summed E-state index contributed by atoms with van der Waals surface area (Å²) in [6.07, 6.45) is 0. The minimum absolute atomic E-state index is 0.0746. The molecule has 0 bridgehead atoms. The van der Waals surface area contributed by atoms with Crippen molar-refractivity contribution in [2.75, 3.05) is 43.0 Å².